The molecule has 0 aliphatic carbocycles. The van der Waals surface area contributed by atoms with E-state index in [0.29, 0.717) is 0 Å². The van der Waals surface area contributed by atoms with Gasteiger partial charge in [0.2, 0.25) is 0 Å². The first-order valence-electron chi connectivity index (χ1n) is 6.44. The fourth-order valence-corrected chi connectivity index (χ4v) is 2.34. The Kier molecular flexibility index (Phi) is 4.96. The maximum absolute atomic E-state index is 4.49. The van der Waals surface area contributed by atoms with Crippen molar-refractivity contribution in [1.82, 2.24) is 19.8 Å². The van der Waals surface area contributed by atoms with E-state index in [4.69, 9.17) is 0 Å². The van der Waals surface area contributed by atoms with E-state index >= 15 is 0 Å². The third-order valence-electron chi connectivity index (χ3n) is 3.33. The molecule has 1 aliphatic heterocycles. The van der Waals surface area contributed by atoms with Gasteiger partial charge in [-0.2, -0.15) is 0 Å². The number of piperazine rings is 1. The van der Waals surface area contributed by atoms with Crippen molar-refractivity contribution in [3.63, 3.8) is 0 Å². The molecule has 19 heavy (non-hydrogen) atoms. The van der Waals surface area contributed by atoms with E-state index in [0.717, 1.165) is 38.5 Å². The summed E-state index contributed by atoms with van der Waals surface area (Å²) in [5.41, 5.74) is 1.18. The molecular formula is C14H19ClN4. The molecule has 0 spiro atoms. The van der Waals surface area contributed by atoms with Gasteiger partial charge < -0.3 is 9.88 Å². The maximum Gasteiger partial charge on any atom is 0.127 e. The van der Waals surface area contributed by atoms with Crippen LogP contribution in [0.4, 0.5) is 0 Å². The largest absolute Gasteiger partial charge is 0.314 e. The Labute approximate surface area is 119 Å². The lowest BCUT2D eigenvalue weighted by Crippen LogP contribution is -2.43. The van der Waals surface area contributed by atoms with Crippen molar-refractivity contribution in [2.75, 3.05) is 26.2 Å². The maximum atomic E-state index is 4.49. The smallest absolute Gasteiger partial charge is 0.127 e. The fourth-order valence-electron chi connectivity index (χ4n) is 2.34. The van der Waals surface area contributed by atoms with Crippen LogP contribution in [-0.4, -0.2) is 40.6 Å². The van der Waals surface area contributed by atoms with Gasteiger partial charge in [-0.3, -0.25) is 4.90 Å². The average Bonchev–Trinajstić information content (AvgIpc) is 2.89. The van der Waals surface area contributed by atoms with Crippen LogP contribution < -0.4 is 5.32 Å². The fraction of sp³-hybridized carbons (Fsp3) is 0.357. The molecule has 2 heterocycles. The normalized spacial score (nSPS) is 16.0. The van der Waals surface area contributed by atoms with Gasteiger partial charge in [-0.05, 0) is 12.1 Å². The summed E-state index contributed by atoms with van der Waals surface area (Å²) in [7, 11) is 0. The molecule has 1 aliphatic rings. The predicted octanol–water partition coefficient (Wildman–Crippen LogP) is 1.70. The molecule has 1 N–H and O–H groups in total. The molecule has 0 atom stereocenters. The molecule has 0 unspecified atom stereocenters. The van der Waals surface area contributed by atoms with Gasteiger partial charge >= 0.3 is 0 Å². The van der Waals surface area contributed by atoms with Crippen LogP contribution in [0.25, 0.3) is 5.69 Å². The lowest BCUT2D eigenvalue weighted by molar-refractivity contribution is 0.227. The molecule has 102 valence electrons. The highest BCUT2D eigenvalue weighted by Gasteiger charge is 2.13. The van der Waals surface area contributed by atoms with Crippen LogP contribution in [0.15, 0.2) is 42.7 Å². The van der Waals surface area contributed by atoms with Crippen molar-refractivity contribution in [3.05, 3.63) is 48.5 Å². The second-order valence-electron chi connectivity index (χ2n) is 4.58. The van der Waals surface area contributed by atoms with Crippen LogP contribution in [0.3, 0.4) is 0 Å². The zero-order valence-corrected chi connectivity index (χ0v) is 11.6. The van der Waals surface area contributed by atoms with Crippen LogP contribution in [0.2, 0.25) is 0 Å². The van der Waals surface area contributed by atoms with E-state index < -0.39 is 0 Å². The van der Waals surface area contributed by atoms with Gasteiger partial charge in [-0.25, -0.2) is 4.98 Å². The number of benzene rings is 1. The van der Waals surface area contributed by atoms with Crippen molar-refractivity contribution in [3.8, 4) is 5.69 Å². The summed E-state index contributed by atoms with van der Waals surface area (Å²) in [6.45, 7) is 5.27. The van der Waals surface area contributed by atoms with Crippen LogP contribution in [0, 0.1) is 0 Å². The van der Waals surface area contributed by atoms with E-state index in [1.807, 2.05) is 18.5 Å². The summed E-state index contributed by atoms with van der Waals surface area (Å²) >= 11 is 0. The molecule has 0 radical (unpaired) electrons. The molecule has 0 bridgehead atoms. The number of nitrogens with one attached hydrogen (secondary N) is 1. The van der Waals surface area contributed by atoms with E-state index in [9.17, 15) is 0 Å². The number of imidazole rings is 1. The van der Waals surface area contributed by atoms with Crippen molar-refractivity contribution in [2.45, 2.75) is 6.54 Å². The Bertz CT molecular complexity index is 491. The highest BCUT2D eigenvalue weighted by molar-refractivity contribution is 5.85. The van der Waals surface area contributed by atoms with Crippen LogP contribution >= 0.6 is 12.4 Å². The number of nitrogens with zero attached hydrogens (tertiary/aromatic N) is 3. The third kappa shape index (κ3) is 3.35. The van der Waals surface area contributed by atoms with E-state index in [1.54, 1.807) is 0 Å². The number of aromatic nitrogens is 2. The minimum Gasteiger partial charge on any atom is -0.314 e. The van der Waals surface area contributed by atoms with Gasteiger partial charge in [0.1, 0.15) is 5.82 Å². The molecule has 5 heteroatoms. The van der Waals surface area contributed by atoms with Gasteiger partial charge in [0.05, 0.1) is 6.54 Å². The SMILES string of the molecule is Cl.c1ccc(-n2ccnc2CN2CCNCC2)cc1. The van der Waals surface area contributed by atoms with Gasteiger partial charge in [-0.1, -0.05) is 18.2 Å². The van der Waals surface area contributed by atoms with Crippen molar-refractivity contribution in [1.29, 1.82) is 0 Å². The Hall–Kier alpha value is -1.36. The predicted molar refractivity (Wildman–Crippen MR) is 79.0 cm³/mol. The summed E-state index contributed by atoms with van der Waals surface area (Å²) in [6, 6.07) is 10.4. The minimum atomic E-state index is 0. The lowest BCUT2D eigenvalue weighted by Gasteiger charge is -2.26. The Morgan fingerprint density at radius 2 is 1.84 bits per heavy atom. The highest BCUT2D eigenvalue weighted by Crippen LogP contribution is 2.12. The summed E-state index contributed by atoms with van der Waals surface area (Å²) < 4.78 is 2.17. The molecule has 1 fully saturated rings. The molecule has 2 aromatic rings. The number of halogens is 1. The van der Waals surface area contributed by atoms with Gasteiger partial charge in [0, 0.05) is 44.3 Å². The topological polar surface area (TPSA) is 33.1 Å². The Balaban J connectivity index is 0.00000133. The van der Waals surface area contributed by atoms with E-state index in [1.165, 1.54) is 5.69 Å². The molecule has 4 nitrogen and oxygen atoms in total. The minimum absolute atomic E-state index is 0. The quantitative estimate of drug-likeness (QED) is 0.928. The van der Waals surface area contributed by atoms with E-state index in [-0.39, 0.29) is 12.4 Å². The summed E-state index contributed by atoms with van der Waals surface area (Å²) in [5.74, 6) is 1.11. The van der Waals surface area contributed by atoms with Gasteiger partial charge in [0.15, 0.2) is 0 Å². The number of hydrogen-bond donors (Lipinski definition) is 1. The lowest BCUT2D eigenvalue weighted by atomic mass is 10.3. The Morgan fingerprint density at radius 3 is 2.58 bits per heavy atom. The van der Waals surface area contributed by atoms with E-state index in [2.05, 4.69) is 44.0 Å². The first-order chi connectivity index (χ1) is 8.93. The second-order valence-corrected chi connectivity index (χ2v) is 4.58. The average molecular weight is 279 g/mol. The van der Waals surface area contributed by atoms with Crippen molar-refractivity contribution >= 4 is 12.4 Å². The summed E-state index contributed by atoms with van der Waals surface area (Å²) in [6.07, 6.45) is 3.91. The molecule has 0 saturated carbocycles. The molecule has 3 rings (SSSR count). The summed E-state index contributed by atoms with van der Waals surface area (Å²) in [4.78, 5) is 6.93. The number of para-hydroxylation sites is 1. The highest BCUT2D eigenvalue weighted by atomic mass is 35.5. The summed E-state index contributed by atoms with van der Waals surface area (Å²) in [5, 5.41) is 3.37. The molecule has 1 aromatic heterocycles. The van der Waals surface area contributed by atoms with Crippen molar-refractivity contribution in [2.24, 2.45) is 0 Å². The molecular weight excluding hydrogens is 260 g/mol. The third-order valence-corrected chi connectivity index (χ3v) is 3.33. The van der Waals surface area contributed by atoms with Gasteiger partial charge in [-0.15, -0.1) is 12.4 Å². The van der Waals surface area contributed by atoms with Crippen LogP contribution in [0.1, 0.15) is 5.82 Å². The first-order valence-corrected chi connectivity index (χ1v) is 6.44. The van der Waals surface area contributed by atoms with Crippen molar-refractivity contribution < 1.29 is 0 Å². The standard InChI is InChI=1S/C14H18N4.ClH/c1-2-4-13(5-3-1)18-11-8-16-14(18)12-17-9-6-15-7-10-17;/h1-5,8,11,15H,6-7,9-10,12H2;1H. The monoisotopic (exact) mass is 278 g/mol. The van der Waals surface area contributed by atoms with Crippen LogP contribution in [-0.2, 0) is 6.54 Å². The number of rotatable bonds is 3. The molecule has 1 saturated heterocycles. The molecule has 0 amide bonds. The molecule has 1 aromatic carbocycles. The zero-order chi connectivity index (χ0) is 12.2. The first kappa shape index (κ1) is 14.1. The Morgan fingerprint density at radius 1 is 1.11 bits per heavy atom. The van der Waals surface area contributed by atoms with Gasteiger partial charge in [0.25, 0.3) is 0 Å². The zero-order valence-electron chi connectivity index (χ0n) is 10.8. The van der Waals surface area contributed by atoms with Crippen LogP contribution in [0.5, 0.6) is 0 Å². The second kappa shape index (κ2) is 6.70. The number of hydrogen-bond acceptors (Lipinski definition) is 3.